The first kappa shape index (κ1) is 19.7. The molecule has 1 heterocycles. The number of hydrogen-bond acceptors (Lipinski definition) is 5. The normalized spacial score (nSPS) is 13.1. The van der Waals surface area contributed by atoms with Gasteiger partial charge in [-0.05, 0) is 45.6 Å². The third kappa shape index (κ3) is 3.65. The number of allylic oxidation sites excluding steroid dienone is 3. The fraction of sp³-hybridized carbons (Fsp3) is 0.304. The van der Waals surface area contributed by atoms with Crippen LogP contribution in [0.25, 0.3) is 0 Å². The fourth-order valence-electron chi connectivity index (χ4n) is 3.44. The monoisotopic (exact) mass is 382 g/mol. The fourth-order valence-corrected chi connectivity index (χ4v) is 3.44. The number of aromatic hydroxyl groups is 4. The van der Waals surface area contributed by atoms with E-state index in [-0.39, 0.29) is 34.7 Å². The lowest BCUT2D eigenvalue weighted by Crippen LogP contribution is -2.11. The van der Waals surface area contributed by atoms with Crippen LogP contribution in [0.4, 0.5) is 0 Å². The van der Waals surface area contributed by atoms with Crippen molar-refractivity contribution in [2.45, 2.75) is 40.0 Å². The topological polar surface area (TPSA) is 90.2 Å². The Labute approximate surface area is 164 Å². The van der Waals surface area contributed by atoms with Crippen molar-refractivity contribution in [1.82, 2.24) is 0 Å². The maximum absolute atomic E-state index is 10.5. The van der Waals surface area contributed by atoms with Crippen molar-refractivity contribution in [2.24, 2.45) is 5.92 Å². The summed E-state index contributed by atoms with van der Waals surface area (Å²) in [4.78, 5) is 0. The Balaban J connectivity index is 2.06. The molecule has 0 fully saturated rings. The van der Waals surface area contributed by atoms with E-state index in [1.165, 1.54) is 17.7 Å². The predicted octanol–water partition coefficient (Wildman–Crippen LogP) is 5.30. The van der Waals surface area contributed by atoms with Gasteiger partial charge in [-0.15, -0.1) is 0 Å². The van der Waals surface area contributed by atoms with Gasteiger partial charge in [0.2, 0.25) is 5.75 Å². The number of phenolic OH excluding ortho intramolecular Hbond substituents is 4. The Morgan fingerprint density at radius 3 is 2.43 bits per heavy atom. The van der Waals surface area contributed by atoms with Crippen LogP contribution in [0.1, 0.15) is 43.9 Å². The van der Waals surface area contributed by atoms with E-state index in [1.54, 1.807) is 6.07 Å². The third-order valence-corrected chi connectivity index (χ3v) is 5.16. The van der Waals surface area contributed by atoms with Gasteiger partial charge in [-0.1, -0.05) is 29.9 Å². The molecule has 0 bridgehead atoms. The Morgan fingerprint density at radius 2 is 1.79 bits per heavy atom. The highest BCUT2D eigenvalue weighted by atomic mass is 16.5. The Morgan fingerprint density at radius 1 is 1.07 bits per heavy atom. The van der Waals surface area contributed by atoms with E-state index in [4.69, 9.17) is 4.74 Å². The highest BCUT2D eigenvalue weighted by Crippen LogP contribution is 2.51. The van der Waals surface area contributed by atoms with Crippen LogP contribution in [0, 0.1) is 5.92 Å². The summed E-state index contributed by atoms with van der Waals surface area (Å²) < 4.78 is 5.91. The molecule has 0 aromatic heterocycles. The van der Waals surface area contributed by atoms with Crippen LogP contribution in [0.3, 0.4) is 0 Å². The van der Waals surface area contributed by atoms with Gasteiger partial charge in [-0.3, -0.25) is 0 Å². The Hall–Kier alpha value is -3.08. The van der Waals surface area contributed by atoms with E-state index in [9.17, 15) is 20.4 Å². The molecule has 28 heavy (non-hydrogen) atoms. The molecule has 1 atom stereocenters. The lowest BCUT2D eigenvalue weighted by molar-refractivity contribution is 0.357. The van der Waals surface area contributed by atoms with Crippen molar-refractivity contribution in [1.29, 1.82) is 0 Å². The first-order valence-electron chi connectivity index (χ1n) is 9.26. The summed E-state index contributed by atoms with van der Waals surface area (Å²) in [7, 11) is 0. The van der Waals surface area contributed by atoms with Gasteiger partial charge in [0.1, 0.15) is 17.2 Å². The summed E-state index contributed by atoms with van der Waals surface area (Å²) >= 11 is 0. The van der Waals surface area contributed by atoms with E-state index >= 15 is 0 Å². The molecule has 148 valence electrons. The van der Waals surface area contributed by atoms with Gasteiger partial charge in [0.05, 0.1) is 0 Å². The lowest BCUT2D eigenvalue weighted by atomic mass is 9.87. The van der Waals surface area contributed by atoms with E-state index in [0.29, 0.717) is 35.3 Å². The minimum Gasteiger partial charge on any atom is -0.507 e. The van der Waals surface area contributed by atoms with Crippen LogP contribution >= 0.6 is 0 Å². The van der Waals surface area contributed by atoms with Gasteiger partial charge in [-0.2, -0.15) is 0 Å². The molecule has 0 saturated carbocycles. The minimum atomic E-state index is -0.349. The lowest BCUT2D eigenvalue weighted by Gasteiger charge is -2.26. The van der Waals surface area contributed by atoms with Crippen LogP contribution in [0.2, 0.25) is 0 Å². The van der Waals surface area contributed by atoms with Crippen LogP contribution in [-0.4, -0.2) is 20.4 Å². The molecule has 1 aliphatic heterocycles. The predicted molar refractivity (Wildman–Crippen MR) is 108 cm³/mol. The smallest absolute Gasteiger partial charge is 0.201 e. The van der Waals surface area contributed by atoms with Gasteiger partial charge in [0, 0.05) is 29.2 Å². The molecule has 0 radical (unpaired) electrons. The van der Waals surface area contributed by atoms with Crippen molar-refractivity contribution >= 4 is 0 Å². The first-order chi connectivity index (χ1) is 13.2. The summed E-state index contributed by atoms with van der Waals surface area (Å²) in [5.74, 6) is -0.204. The molecule has 3 rings (SSSR count). The van der Waals surface area contributed by atoms with Gasteiger partial charge in [0.25, 0.3) is 0 Å². The van der Waals surface area contributed by atoms with Crippen LogP contribution < -0.4 is 4.74 Å². The molecule has 2 aromatic carbocycles. The third-order valence-electron chi connectivity index (χ3n) is 5.16. The molecule has 4 N–H and O–H groups in total. The van der Waals surface area contributed by atoms with E-state index in [2.05, 4.69) is 12.7 Å². The molecule has 2 aromatic rings. The molecule has 1 unspecified atom stereocenters. The summed E-state index contributed by atoms with van der Waals surface area (Å²) in [5, 5.41) is 40.9. The van der Waals surface area contributed by atoms with Gasteiger partial charge >= 0.3 is 0 Å². The van der Waals surface area contributed by atoms with E-state index in [1.807, 2.05) is 20.8 Å². The molecule has 5 heteroatoms. The molecule has 0 spiro atoms. The first-order valence-corrected chi connectivity index (χ1v) is 9.26. The number of hydrogen-bond donors (Lipinski definition) is 4. The average Bonchev–Trinajstić information content (AvgIpc) is 2.63. The highest BCUT2D eigenvalue weighted by molar-refractivity contribution is 5.66. The second kappa shape index (κ2) is 7.50. The van der Waals surface area contributed by atoms with Gasteiger partial charge < -0.3 is 25.2 Å². The van der Waals surface area contributed by atoms with Crippen molar-refractivity contribution in [3.05, 3.63) is 58.7 Å². The molecular weight excluding hydrogens is 356 g/mol. The van der Waals surface area contributed by atoms with Gasteiger partial charge in [0.15, 0.2) is 11.5 Å². The number of benzene rings is 2. The van der Waals surface area contributed by atoms with Crippen molar-refractivity contribution in [2.75, 3.05) is 0 Å². The van der Waals surface area contributed by atoms with E-state index in [0.717, 1.165) is 12.0 Å². The highest BCUT2D eigenvalue weighted by Gasteiger charge is 2.29. The second-order valence-electron chi connectivity index (χ2n) is 7.67. The number of rotatable bonds is 5. The molecule has 0 aliphatic carbocycles. The molecule has 5 nitrogen and oxygen atoms in total. The molecular formula is C23H26O5. The summed E-state index contributed by atoms with van der Waals surface area (Å²) in [6, 6.07) is 4.36. The maximum Gasteiger partial charge on any atom is 0.201 e. The SMILES string of the molecule is C=C(C)C(CC=C(C)C)Cc1c(O)cc(O)c2c1Oc1c(ccc(O)c1O)C2. The quantitative estimate of drug-likeness (QED) is 0.355. The van der Waals surface area contributed by atoms with Crippen LogP contribution in [0.5, 0.6) is 34.5 Å². The summed E-state index contributed by atoms with van der Waals surface area (Å²) in [6.45, 7) is 10.1. The Kier molecular flexibility index (Phi) is 5.27. The van der Waals surface area contributed by atoms with Crippen molar-refractivity contribution < 1.29 is 25.2 Å². The zero-order chi connectivity index (χ0) is 20.6. The second-order valence-corrected chi connectivity index (χ2v) is 7.67. The number of phenols is 4. The summed E-state index contributed by atoms with van der Waals surface area (Å²) in [5.41, 5.74) is 3.93. The van der Waals surface area contributed by atoms with E-state index < -0.39 is 0 Å². The molecule has 0 amide bonds. The maximum atomic E-state index is 10.5. The number of fused-ring (bicyclic) bond motifs is 2. The molecule has 0 saturated heterocycles. The minimum absolute atomic E-state index is 0.0642. The van der Waals surface area contributed by atoms with Crippen molar-refractivity contribution in [3.8, 4) is 34.5 Å². The zero-order valence-corrected chi connectivity index (χ0v) is 16.4. The molecule has 1 aliphatic rings. The van der Waals surface area contributed by atoms with Gasteiger partial charge in [-0.25, -0.2) is 0 Å². The zero-order valence-electron chi connectivity index (χ0n) is 16.4. The standard InChI is InChI=1S/C23H26O5/c1-12(2)5-6-14(13(3)4)9-16-19(25)11-20(26)17-10-15-7-8-18(24)21(27)22(15)28-23(16)17/h5,7-8,11,14,24-27H,3,6,9-10H2,1-2,4H3. The number of ether oxygens (including phenoxy) is 1. The largest absolute Gasteiger partial charge is 0.507 e. The van der Waals surface area contributed by atoms with Crippen molar-refractivity contribution in [3.63, 3.8) is 0 Å². The average molecular weight is 382 g/mol. The van der Waals surface area contributed by atoms with Crippen LogP contribution in [0.15, 0.2) is 42.0 Å². The summed E-state index contributed by atoms with van der Waals surface area (Å²) in [6.07, 6.45) is 3.70. The Bertz CT molecular complexity index is 968. The van der Waals surface area contributed by atoms with Crippen LogP contribution in [-0.2, 0) is 12.8 Å².